The summed E-state index contributed by atoms with van der Waals surface area (Å²) in [5.41, 5.74) is 0.794. The van der Waals surface area contributed by atoms with Crippen molar-refractivity contribution in [3.8, 4) is 5.75 Å². The molecule has 0 radical (unpaired) electrons. The van der Waals surface area contributed by atoms with Crippen molar-refractivity contribution in [2.24, 2.45) is 0 Å². The fourth-order valence-corrected chi connectivity index (χ4v) is 2.65. The second kappa shape index (κ2) is 8.31. The molecule has 0 fully saturated rings. The molecule has 0 saturated heterocycles. The summed E-state index contributed by atoms with van der Waals surface area (Å²) in [7, 11) is 0. The third kappa shape index (κ3) is 4.29. The van der Waals surface area contributed by atoms with E-state index >= 15 is 0 Å². The van der Waals surface area contributed by atoms with Gasteiger partial charge in [-0.25, -0.2) is 0 Å². The summed E-state index contributed by atoms with van der Waals surface area (Å²) in [5, 5.41) is 17.2. The van der Waals surface area contributed by atoms with Gasteiger partial charge in [0.15, 0.2) is 12.4 Å². The predicted molar refractivity (Wildman–Crippen MR) is 95.2 cm³/mol. The van der Waals surface area contributed by atoms with Crippen LogP contribution in [0.25, 0.3) is 10.8 Å². The van der Waals surface area contributed by atoms with Gasteiger partial charge < -0.3 is 28.1 Å². The number of halogens is 1. The number of benzene rings is 2. The standard InChI is InChI=1S/C19H17N3O3.ClH/c1-13(23)20-15-7-5-6-14-8-9-16(19(25)18(14)15)21-17(24)12-22-10-3-2-4-11-22;/h2-11H,12H2,1H3,(H2-,20,21,23,24,25);1H. The number of amides is 2. The molecule has 1 heterocycles. The molecule has 0 spiro atoms. The van der Waals surface area contributed by atoms with Crippen LogP contribution in [-0.2, 0) is 16.1 Å². The molecular formula is C19H18ClN3O3. The molecule has 3 rings (SSSR count). The average Bonchev–Trinajstić information content (AvgIpc) is 2.58. The predicted octanol–water partition coefficient (Wildman–Crippen LogP) is -0.566. The number of pyridine rings is 1. The molecule has 3 aromatic rings. The maximum absolute atomic E-state index is 12.2. The minimum absolute atomic E-state index is 0. The first-order valence-corrected chi connectivity index (χ1v) is 7.81. The Labute approximate surface area is 156 Å². The Bertz CT molecular complexity index is 945. The molecule has 2 amide bonds. The van der Waals surface area contributed by atoms with E-state index in [9.17, 15) is 14.7 Å². The highest BCUT2D eigenvalue weighted by atomic mass is 35.5. The lowest BCUT2D eigenvalue weighted by Crippen LogP contribution is -3.00. The van der Waals surface area contributed by atoms with Gasteiger partial charge in [0.2, 0.25) is 12.5 Å². The number of phenolic OH excluding ortho intramolecular Hbond substituents is 1. The van der Waals surface area contributed by atoms with Crippen LogP contribution in [0.1, 0.15) is 6.92 Å². The van der Waals surface area contributed by atoms with Crippen LogP contribution in [0.4, 0.5) is 11.4 Å². The van der Waals surface area contributed by atoms with Crippen molar-refractivity contribution < 1.29 is 31.7 Å². The van der Waals surface area contributed by atoms with Crippen molar-refractivity contribution in [3.63, 3.8) is 0 Å². The van der Waals surface area contributed by atoms with E-state index in [0.717, 1.165) is 5.39 Å². The number of hydrogen-bond donors (Lipinski definition) is 3. The number of rotatable bonds is 4. The van der Waals surface area contributed by atoms with E-state index in [1.54, 1.807) is 41.2 Å². The highest BCUT2D eigenvalue weighted by Gasteiger charge is 2.15. The van der Waals surface area contributed by atoms with Gasteiger partial charge in [-0.2, -0.15) is 4.57 Å². The van der Waals surface area contributed by atoms with Gasteiger partial charge in [0.05, 0.1) is 11.4 Å². The second-order valence-electron chi connectivity index (χ2n) is 5.64. The largest absolute Gasteiger partial charge is 1.00 e. The second-order valence-corrected chi connectivity index (χ2v) is 5.64. The van der Waals surface area contributed by atoms with Crippen molar-refractivity contribution in [1.82, 2.24) is 0 Å². The van der Waals surface area contributed by atoms with Gasteiger partial charge in [0.1, 0.15) is 5.75 Å². The summed E-state index contributed by atoms with van der Waals surface area (Å²) in [6.07, 6.45) is 3.57. The smallest absolute Gasteiger partial charge is 0.290 e. The summed E-state index contributed by atoms with van der Waals surface area (Å²) < 4.78 is 1.73. The molecule has 0 unspecified atom stereocenters. The minimum atomic E-state index is -0.261. The number of phenols is 1. The third-order valence-corrected chi connectivity index (χ3v) is 3.71. The molecule has 6 nitrogen and oxygen atoms in total. The molecule has 0 atom stereocenters. The van der Waals surface area contributed by atoms with E-state index in [-0.39, 0.29) is 36.5 Å². The maximum Gasteiger partial charge on any atom is 0.290 e. The van der Waals surface area contributed by atoms with Crippen LogP contribution in [0.2, 0.25) is 0 Å². The molecule has 2 aromatic carbocycles. The monoisotopic (exact) mass is 371 g/mol. The van der Waals surface area contributed by atoms with E-state index in [1.807, 2.05) is 24.3 Å². The molecule has 26 heavy (non-hydrogen) atoms. The number of carbonyl (C=O) groups excluding carboxylic acids is 2. The Balaban J connectivity index is 0.00000243. The van der Waals surface area contributed by atoms with Gasteiger partial charge >= 0.3 is 0 Å². The molecule has 0 aliphatic rings. The lowest BCUT2D eigenvalue weighted by atomic mass is 10.1. The number of fused-ring (bicyclic) bond motifs is 1. The number of nitrogens with one attached hydrogen (secondary N) is 2. The van der Waals surface area contributed by atoms with Gasteiger partial charge in [0.25, 0.3) is 5.91 Å². The molecule has 7 heteroatoms. The van der Waals surface area contributed by atoms with Crippen LogP contribution in [0.3, 0.4) is 0 Å². The van der Waals surface area contributed by atoms with Crippen LogP contribution in [0.5, 0.6) is 5.75 Å². The van der Waals surface area contributed by atoms with E-state index in [1.165, 1.54) is 6.92 Å². The van der Waals surface area contributed by atoms with E-state index in [4.69, 9.17) is 0 Å². The van der Waals surface area contributed by atoms with Crippen LogP contribution in [0, 0.1) is 0 Å². The molecule has 1 aromatic heterocycles. The van der Waals surface area contributed by atoms with E-state index in [0.29, 0.717) is 16.8 Å². The Morgan fingerprint density at radius 3 is 2.38 bits per heavy atom. The van der Waals surface area contributed by atoms with Gasteiger partial charge in [-0.15, -0.1) is 0 Å². The van der Waals surface area contributed by atoms with Crippen molar-refractivity contribution in [3.05, 3.63) is 60.9 Å². The first kappa shape index (κ1) is 19.2. The maximum atomic E-state index is 12.2. The third-order valence-electron chi connectivity index (χ3n) is 3.71. The number of aromatic nitrogens is 1. The quantitative estimate of drug-likeness (QED) is 0.424. The Hall–Kier alpha value is -3.12. The summed E-state index contributed by atoms with van der Waals surface area (Å²) in [6.45, 7) is 1.53. The highest BCUT2D eigenvalue weighted by molar-refractivity contribution is 6.08. The van der Waals surface area contributed by atoms with Crippen LogP contribution < -0.4 is 27.6 Å². The van der Waals surface area contributed by atoms with Crippen molar-refractivity contribution >= 4 is 34.0 Å². The van der Waals surface area contributed by atoms with Gasteiger partial charge in [0, 0.05) is 24.4 Å². The van der Waals surface area contributed by atoms with Gasteiger partial charge in [-0.05, 0) is 17.5 Å². The highest BCUT2D eigenvalue weighted by Crippen LogP contribution is 2.37. The number of nitrogens with zero attached hydrogens (tertiary/aromatic N) is 1. The molecule has 0 aliphatic carbocycles. The molecule has 134 valence electrons. The topological polar surface area (TPSA) is 82.3 Å². The summed E-state index contributed by atoms with van der Waals surface area (Å²) in [5.74, 6) is -0.571. The molecule has 0 bridgehead atoms. The minimum Gasteiger partial charge on any atom is -1.00 e. The van der Waals surface area contributed by atoms with E-state index < -0.39 is 0 Å². The number of aromatic hydroxyl groups is 1. The lowest BCUT2D eigenvalue weighted by Gasteiger charge is -2.12. The number of carbonyl (C=O) groups is 2. The summed E-state index contributed by atoms with van der Waals surface area (Å²) in [6, 6.07) is 14.3. The number of hydrogen-bond acceptors (Lipinski definition) is 3. The molecule has 0 saturated carbocycles. The number of anilines is 2. The van der Waals surface area contributed by atoms with Crippen molar-refractivity contribution in [2.45, 2.75) is 13.5 Å². The van der Waals surface area contributed by atoms with Crippen LogP contribution in [0.15, 0.2) is 60.9 Å². The van der Waals surface area contributed by atoms with Gasteiger partial charge in [-0.1, -0.05) is 24.3 Å². The fraction of sp³-hybridized carbons (Fsp3) is 0.105. The molecular weight excluding hydrogens is 354 g/mol. The summed E-state index contributed by atoms with van der Waals surface area (Å²) in [4.78, 5) is 23.6. The van der Waals surface area contributed by atoms with Crippen LogP contribution in [-0.4, -0.2) is 16.9 Å². The Morgan fingerprint density at radius 1 is 0.962 bits per heavy atom. The fourth-order valence-electron chi connectivity index (χ4n) is 2.65. The van der Waals surface area contributed by atoms with Crippen LogP contribution >= 0.6 is 0 Å². The first-order chi connectivity index (χ1) is 12.0. The zero-order valence-electron chi connectivity index (χ0n) is 14.1. The van der Waals surface area contributed by atoms with Gasteiger partial charge in [-0.3, -0.25) is 9.59 Å². The SMILES string of the molecule is CC(=O)Nc1cccc2ccc(NC(=O)C[n+]3ccccc3)c(O)c12.[Cl-]. The zero-order chi connectivity index (χ0) is 17.8. The first-order valence-electron chi connectivity index (χ1n) is 7.81. The van der Waals surface area contributed by atoms with E-state index in [2.05, 4.69) is 10.6 Å². The average molecular weight is 372 g/mol. The Morgan fingerprint density at radius 2 is 1.69 bits per heavy atom. The van der Waals surface area contributed by atoms with Crippen molar-refractivity contribution in [2.75, 3.05) is 10.6 Å². The summed E-state index contributed by atoms with van der Waals surface area (Å²) >= 11 is 0. The lowest BCUT2D eigenvalue weighted by molar-refractivity contribution is -0.684. The zero-order valence-corrected chi connectivity index (χ0v) is 14.8. The molecule has 0 aliphatic heterocycles. The van der Waals surface area contributed by atoms with Crippen molar-refractivity contribution in [1.29, 1.82) is 0 Å². The normalized spacial score (nSPS) is 10.0. The Kier molecular flexibility index (Phi) is 6.14. The molecule has 3 N–H and O–H groups in total.